The van der Waals surface area contributed by atoms with Gasteiger partial charge in [-0.15, -0.1) is 0 Å². The Morgan fingerprint density at radius 1 is 1.18 bits per heavy atom. The maximum absolute atomic E-state index is 10.3. The lowest BCUT2D eigenvalue weighted by molar-refractivity contribution is -0.141. The van der Waals surface area contributed by atoms with Crippen molar-refractivity contribution < 1.29 is 9.90 Å². The molecule has 0 aromatic heterocycles. The lowest BCUT2D eigenvalue weighted by atomic mass is 9.67. The fourth-order valence-corrected chi connectivity index (χ4v) is 1.45. The molecule has 1 saturated carbocycles. The van der Waals surface area contributed by atoms with E-state index < -0.39 is 5.97 Å². The van der Waals surface area contributed by atoms with Gasteiger partial charge in [-0.05, 0) is 24.8 Å². The van der Waals surface area contributed by atoms with Crippen LogP contribution in [0, 0.1) is 5.41 Å². The van der Waals surface area contributed by atoms with Crippen molar-refractivity contribution in [2.45, 2.75) is 73.6 Å². The maximum Gasteiger partial charge on any atom is 0.303 e. The molecule has 0 spiro atoms. The van der Waals surface area contributed by atoms with Crippen molar-refractivity contribution in [3.8, 4) is 0 Å². The van der Waals surface area contributed by atoms with Gasteiger partial charge in [0.1, 0.15) is 0 Å². The SMILES string of the molecule is CC.CC.CCC.NCC1(CC(=O)O)CCC1. The number of nitrogens with two attached hydrogens (primary N) is 1. The van der Waals surface area contributed by atoms with E-state index in [-0.39, 0.29) is 11.8 Å². The van der Waals surface area contributed by atoms with E-state index in [4.69, 9.17) is 10.8 Å². The third kappa shape index (κ3) is 11.7. The Hall–Kier alpha value is -0.570. The van der Waals surface area contributed by atoms with E-state index in [0.717, 1.165) is 19.3 Å². The van der Waals surface area contributed by atoms with E-state index in [9.17, 15) is 4.79 Å². The van der Waals surface area contributed by atoms with Crippen molar-refractivity contribution in [1.82, 2.24) is 0 Å². The highest BCUT2D eigenvalue weighted by molar-refractivity contribution is 5.67. The number of carboxylic acids is 1. The number of hydrogen-bond donors (Lipinski definition) is 2. The van der Waals surface area contributed by atoms with Crippen molar-refractivity contribution in [1.29, 1.82) is 0 Å². The minimum atomic E-state index is -0.717. The number of aliphatic carboxylic acids is 1. The molecule has 0 atom stereocenters. The summed E-state index contributed by atoms with van der Waals surface area (Å²) in [5.74, 6) is -0.717. The summed E-state index contributed by atoms with van der Waals surface area (Å²) in [6.45, 7) is 12.8. The molecular weight excluding hydrogens is 214 g/mol. The van der Waals surface area contributed by atoms with Crippen LogP contribution in [-0.4, -0.2) is 17.6 Å². The van der Waals surface area contributed by atoms with Crippen LogP contribution in [0.3, 0.4) is 0 Å². The highest BCUT2D eigenvalue weighted by atomic mass is 16.4. The Kier molecular flexibility index (Phi) is 19.7. The molecule has 1 rings (SSSR count). The molecule has 0 amide bonds. The Morgan fingerprint density at radius 2 is 1.53 bits per heavy atom. The second kappa shape index (κ2) is 15.4. The molecule has 0 radical (unpaired) electrons. The van der Waals surface area contributed by atoms with Crippen LogP contribution in [-0.2, 0) is 4.79 Å². The second-order valence-electron chi connectivity index (χ2n) is 3.84. The molecule has 1 fully saturated rings. The standard InChI is InChI=1S/C7H13NO2.C3H8.2C2H6/c8-5-7(2-1-3-7)4-6(9)10;1-3-2;2*1-2/h1-5,8H2,(H,9,10);3H2,1-2H3;2*1-2H3. The van der Waals surface area contributed by atoms with Crippen LogP contribution in [0.1, 0.15) is 73.6 Å². The lowest BCUT2D eigenvalue weighted by Crippen LogP contribution is -2.39. The summed E-state index contributed by atoms with van der Waals surface area (Å²) in [6, 6.07) is 0. The van der Waals surface area contributed by atoms with Crippen LogP contribution >= 0.6 is 0 Å². The third-order valence-corrected chi connectivity index (χ3v) is 2.37. The molecule has 0 aromatic rings. The van der Waals surface area contributed by atoms with E-state index in [1.807, 2.05) is 27.7 Å². The van der Waals surface area contributed by atoms with Gasteiger partial charge in [0.15, 0.2) is 0 Å². The molecule has 17 heavy (non-hydrogen) atoms. The molecule has 1 aliphatic rings. The van der Waals surface area contributed by atoms with Gasteiger partial charge in [0.05, 0.1) is 6.42 Å². The summed E-state index contributed by atoms with van der Waals surface area (Å²) in [5, 5.41) is 8.49. The molecule has 3 heteroatoms. The van der Waals surface area contributed by atoms with Crippen molar-refractivity contribution in [2.75, 3.05) is 6.54 Å². The zero-order valence-electron chi connectivity index (χ0n) is 12.7. The summed E-state index contributed by atoms with van der Waals surface area (Å²) in [5.41, 5.74) is 5.42. The number of carbonyl (C=O) groups is 1. The van der Waals surface area contributed by atoms with Crippen LogP contribution in [0.4, 0.5) is 0 Å². The zero-order valence-corrected chi connectivity index (χ0v) is 12.7. The molecule has 0 aromatic carbocycles. The topological polar surface area (TPSA) is 63.3 Å². The summed E-state index contributed by atoms with van der Waals surface area (Å²) >= 11 is 0. The highest BCUT2D eigenvalue weighted by Crippen LogP contribution is 2.42. The molecule has 0 saturated heterocycles. The Labute approximate surface area is 108 Å². The van der Waals surface area contributed by atoms with Crippen LogP contribution < -0.4 is 5.73 Å². The first kappa shape index (κ1) is 21.7. The number of carboxylic acid groups (broad SMARTS) is 1. The van der Waals surface area contributed by atoms with E-state index >= 15 is 0 Å². The Balaban J connectivity index is -0.000000239. The van der Waals surface area contributed by atoms with Gasteiger partial charge in [-0.2, -0.15) is 0 Å². The molecular formula is C14H33NO2. The lowest BCUT2D eigenvalue weighted by Gasteiger charge is -2.39. The van der Waals surface area contributed by atoms with Gasteiger partial charge in [0.2, 0.25) is 0 Å². The maximum atomic E-state index is 10.3. The van der Waals surface area contributed by atoms with Crippen LogP contribution in [0.2, 0.25) is 0 Å². The molecule has 106 valence electrons. The van der Waals surface area contributed by atoms with Crippen molar-refractivity contribution in [3.63, 3.8) is 0 Å². The molecule has 0 heterocycles. The highest BCUT2D eigenvalue weighted by Gasteiger charge is 2.37. The van der Waals surface area contributed by atoms with Gasteiger partial charge in [0.25, 0.3) is 0 Å². The molecule has 3 nitrogen and oxygen atoms in total. The van der Waals surface area contributed by atoms with Crippen molar-refractivity contribution >= 4 is 5.97 Å². The first-order valence-electron chi connectivity index (χ1n) is 7.02. The largest absolute Gasteiger partial charge is 0.481 e. The minimum absolute atomic E-state index is 0.0359. The monoisotopic (exact) mass is 247 g/mol. The van der Waals surface area contributed by atoms with E-state index in [2.05, 4.69) is 13.8 Å². The van der Waals surface area contributed by atoms with Crippen LogP contribution in [0.25, 0.3) is 0 Å². The average molecular weight is 247 g/mol. The van der Waals surface area contributed by atoms with Gasteiger partial charge in [-0.3, -0.25) is 4.79 Å². The summed E-state index contributed by atoms with van der Waals surface area (Å²) in [4.78, 5) is 10.3. The summed E-state index contributed by atoms with van der Waals surface area (Å²) in [7, 11) is 0. The van der Waals surface area contributed by atoms with Gasteiger partial charge < -0.3 is 10.8 Å². The van der Waals surface area contributed by atoms with Gasteiger partial charge in [0, 0.05) is 0 Å². The molecule has 0 unspecified atom stereocenters. The van der Waals surface area contributed by atoms with Crippen molar-refractivity contribution in [3.05, 3.63) is 0 Å². The van der Waals surface area contributed by atoms with Gasteiger partial charge in [-0.25, -0.2) is 0 Å². The van der Waals surface area contributed by atoms with Crippen LogP contribution in [0.5, 0.6) is 0 Å². The normalized spacial score (nSPS) is 14.5. The predicted octanol–water partition coefficient (Wildman–Crippen LogP) is 4.06. The molecule has 3 N–H and O–H groups in total. The fraction of sp³-hybridized carbons (Fsp3) is 0.929. The number of rotatable bonds is 3. The van der Waals surface area contributed by atoms with Crippen LogP contribution in [0.15, 0.2) is 0 Å². The first-order chi connectivity index (χ1) is 8.10. The van der Waals surface area contributed by atoms with E-state index in [1.54, 1.807) is 0 Å². The molecule has 1 aliphatic carbocycles. The Bertz CT molecular complexity index is 149. The first-order valence-corrected chi connectivity index (χ1v) is 7.02. The molecule has 0 aliphatic heterocycles. The van der Waals surface area contributed by atoms with Crippen molar-refractivity contribution in [2.24, 2.45) is 11.1 Å². The third-order valence-electron chi connectivity index (χ3n) is 2.37. The zero-order chi connectivity index (χ0) is 14.3. The van der Waals surface area contributed by atoms with E-state index in [1.165, 1.54) is 6.42 Å². The number of hydrogen-bond acceptors (Lipinski definition) is 2. The predicted molar refractivity (Wildman–Crippen MR) is 76.3 cm³/mol. The summed E-state index contributed by atoms with van der Waals surface area (Å²) < 4.78 is 0. The smallest absolute Gasteiger partial charge is 0.303 e. The fourth-order valence-electron chi connectivity index (χ4n) is 1.45. The van der Waals surface area contributed by atoms with E-state index in [0.29, 0.717) is 6.54 Å². The quantitative estimate of drug-likeness (QED) is 0.790. The average Bonchev–Trinajstić information content (AvgIpc) is 2.30. The minimum Gasteiger partial charge on any atom is -0.481 e. The van der Waals surface area contributed by atoms with Gasteiger partial charge in [-0.1, -0.05) is 54.4 Å². The Morgan fingerprint density at radius 3 is 1.59 bits per heavy atom. The molecule has 0 bridgehead atoms. The second-order valence-corrected chi connectivity index (χ2v) is 3.84. The summed E-state index contributed by atoms with van der Waals surface area (Å²) in [6.07, 6.45) is 4.64. The van der Waals surface area contributed by atoms with Gasteiger partial charge >= 0.3 is 5.97 Å².